The second-order valence-electron chi connectivity index (χ2n) is 3.48. The number of rotatable bonds is 6. The zero-order valence-corrected chi connectivity index (χ0v) is 10.5. The Morgan fingerprint density at radius 3 is 2.94 bits per heavy atom. The van der Waals surface area contributed by atoms with E-state index in [1.165, 1.54) is 0 Å². The van der Waals surface area contributed by atoms with Crippen molar-refractivity contribution in [3.63, 3.8) is 0 Å². The number of nitrogens with two attached hydrogens (primary N) is 1. The Hall–Kier alpha value is -1.69. The number of anilines is 1. The summed E-state index contributed by atoms with van der Waals surface area (Å²) in [6, 6.07) is 5.27. The Morgan fingerprint density at radius 2 is 2.29 bits per heavy atom. The number of nitrogens with one attached hydrogen (secondary N) is 2. The molecule has 1 aromatic rings. The molecule has 0 saturated heterocycles. The lowest BCUT2D eigenvalue weighted by Crippen LogP contribution is -2.30. The average molecular weight is 252 g/mol. The van der Waals surface area contributed by atoms with Gasteiger partial charge in [-0.2, -0.15) is 0 Å². The molecule has 0 aliphatic carbocycles. The van der Waals surface area contributed by atoms with Crippen LogP contribution in [0, 0.1) is 0 Å². The van der Waals surface area contributed by atoms with Crippen LogP contribution in [-0.4, -0.2) is 29.0 Å². The van der Waals surface area contributed by atoms with Gasteiger partial charge < -0.3 is 16.4 Å². The summed E-state index contributed by atoms with van der Waals surface area (Å²) in [4.78, 5) is 15.7. The van der Waals surface area contributed by atoms with E-state index in [9.17, 15) is 4.79 Å². The summed E-state index contributed by atoms with van der Waals surface area (Å²) in [7, 11) is 0. The molecule has 0 saturated carbocycles. The highest BCUT2D eigenvalue weighted by molar-refractivity contribution is 7.80. The van der Waals surface area contributed by atoms with E-state index in [2.05, 4.69) is 15.6 Å². The summed E-state index contributed by atoms with van der Waals surface area (Å²) >= 11 is 4.82. The lowest BCUT2D eigenvalue weighted by molar-refractivity contribution is -0.119. The fourth-order valence-electron chi connectivity index (χ4n) is 1.17. The first-order valence-corrected chi connectivity index (χ1v) is 5.81. The largest absolute Gasteiger partial charge is 0.388 e. The molecule has 0 radical (unpaired) electrons. The van der Waals surface area contributed by atoms with Crippen molar-refractivity contribution in [2.75, 3.05) is 18.4 Å². The number of nitrogens with zero attached hydrogens (tertiary/aromatic N) is 1. The predicted octanol–water partition coefficient (Wildman–Crippen LogP) is 0.654. The van der Waals surface area contributed by atoms with Crippen LogP contribution in [0.15, 0.2) is 18.2 Å². The van der Waals surface area contributed by atoms with E-state index in [4.69, 9.17) is 18.0 Å². The molecule has 4 N–H and O–H groups in total. The van der Waals surface area contributed by atoms with Gasteiger partial charge in [0.25, 0.3) is 0 Å². The first-order chi connectivity index (χ1) is 8.13. The quantitative estimate of drug-likeness (QED) is 0.648. The minimum absolute atomic E-state index is 0.0608. The summed E-state index contributed by atoms with van der Waals surface area (Å²) in [6.07, 6.45) is 0.918. The molecule has 0 aromatic carbocycles. The highest BCUT2D eigenvalue weighted by atomic mass is 32.1. The first-order valence-electron chi connectivity index (χ1n) is 5.41. The van der Waals surface area contributed by atoms with E-state index >= 15 is 0 Å². The van der Waals surface area contributed by atoms with E-state index in [-0.39, 0.29) is 17.4 Å². The van der Waals surface area contributed by atoms with Crippen molar-refractivity contribution >= 4 is 28.9 Å². The van der Waals surface area contributed by atoms with E-state index in [0.717, 1.165) is 6.42 Å². The fourth-order valence-corrected chi connectivity index (χ4v) is 1.28. The number of aromatic nitrogens is 1. The zero-order valence-electron chi connectivity index (χ0n) is 9.69. The maximum absolute atomic E-state index is 11.3. The van der Waals surface area contributed by atoms with E-state index in [0.29, 0.717) is 18.1 Å². The molecule has 1 amide bonds. The number of carbonyl (C=O) groups is 1. The van der Waals surface area contributed by atoms with Gasteiger partial charge in [-0.05, 0) is 18.6 Å². The van der Waals surface area contributed by atoms with Gasteiger partial charge in [-0.15, -0.1) is 0 Å². The van der Waals surface area contributed by atoms with Crippen molar-refractivity contribution in [2.45, 2.75) is 13.3 Å². The number of thiocarbonyl (C=S) groups is 1. The van der Waals surface area contributed by atoms with Crippen molar-refractivity contribution in [1.82, 2.24) is 10.3 Å². The molecular formula is C11H16N4OS. The third-order valence-electron chi connectivity index (χ3n) is 2.00. The minimum Gasteiger partial charge on any atom is -0.388 e. The molecule has 92 valence electrons. The summed E-state index contributed by atoms with van der Waals surface area (Å²) in [5, 5.41) is 5.67. The smallest absolute Gasteiger partial charge is 0.239 e. The Morgan fingerprint density at radius 1 is 1.53 bits per heavy atom. The van der Waals surface area contributed by atoms with Gasteiger partial charge in [-0.1, -0.05) is 25.2 Å². The average Bonchev–Trinajstić information content (AvgIpc) is 2.34. The van der Waals surface area contributed by atoms with Crippen LogP contribution in [0.2, 0.25) is 0 Å². The van der Waals surface area contributed by atoms with Crippen LogP contribution in [-0.2, 0) is 4.79 Å². The summed E-state index contributed by atoms with van der Waals surface area (Å²) in [5.41, 5.74) is 6.01. The van der Waals surface area contributed by atoms with Crippen molar-refractivity contribution < 1.29 is 4.79 Å². The molecule has 0 spiro atoms. The molecule has 1 aromatic heterocycles. The minimum atomic E-state index is -0.0608. The van der Waals surface area contributed by atoms with Crippen LogP contribution < -0.4 is 16.4 Å². The van der Waals surface area contributed by atoms with Crippen LogP contribution in [0.4, 0.5) is 5.82 Å². The number of hydrogen-bond acceptors (Lipinski definition) is 4. The van der Waals surface area contributed by atoms with Gasteiger partial charge in [0.2, 0.25) is 5.91 Å². The Labute approximate surface area is 106 Å². The predicted molar refractivity (Wildman–Crippen MR) is 71.9 cm³/mol. The standard InChI is InChI=1S/C11H16N4OS/c1-2-6-13-10(16)7-14-9-5-3-4-8(15-9)11(12)17/h3-5H,2,6-7H2,1H3,(H2,12,17)(H,13,16)(H,14,15). The first kappa shape index (κ1) is 13.4. The number of carbonyl (C=O) groups excluding carboxylic acids is 1. The molecule has 0 aliphatic heterocycles. The molecule has 17 heavy (non-hydrogen) atoms. The van der Waals surface area contributed by atoms with Crippen LogP contribution in [0.3, 0.4) is 0 Å². The molecule has 0 atom stereocenters. The topological polar surface area (TPSA) is 80.0 Å². The summed E-state index contributed by atoms with van der Waals surface area (Å²) in [6.45, 7) is 2.87. The van der Waals surface area contributed by atoms with Crippen LogP contribution in [0.25, 0.3) is 0 Å². The SMILES string of the molecule is CCCNC(=O)CNc1cccc(C(N)=S)n1. The third kappa shape index (κ3) is 4.78. The number of amides is 1. The number of pyridine rings is 1. The molecule has 1 heterocycles. The van der Waals surface area contributed by atoms with Gasteiger partial charge in [0, 0.05) is 6.54 Å². The third-order valence-corrected chi connectivity index (χ3v) is 2.21. The lowest BCUT2D eigenvalue weighted by atomic mass is 10.3. The molecule has 0 unspecified atom stereocenters. The van der Waals surface area contributed by atoms with Crippen molar-refractivity contribution in [1.29, 1.82) is 0 Å². The second kappa shape index (κ2) is 6.80. The monoisotopic (exact) mass is 252 g/mol. The van der Waals surface area contributed by atoms with Gasteiger partial charge in [-0.25, -0.2) is 4.98 Å². The number of hydrogen-bond donors (Lipinski definition) is 3. The normalized spacial score (nSPS) is 9.71. The Bertz CT molecular complexity index is 408. The molecule has 0 fully saturated rings. The summed E-state index contributed by atoms with van der Waals surface area (Å²) in [5.74, 6) is 0.524. The second-order valence-corrected chi connectivity index (χ2v) is 3.92. The lowest BCUT2D eigenvalue weighted by Gasteiger charge is -2.07. The maximum atomic E-state index is 11.3. The Kier molecular flexibility index (Phi) is 5.35. The highest BCUT2D eigenvalue weighted by Gasteiger charge is 2.02. The van der Waals surface area contributed by atoms with Gasteiger partial charge in [-0.3, -0.25) is 4.79 Å². The van der Waals surface area contributed by atoms with E-state index in [1.807, 2.05) is 6.92 Å². The van der Waals surface area contributed by atoms with Crippen molar-refractivity contribution in [3.05, 3.63) is 23.9 Å². The van der Waals surface area contributed by atoms with Crippen LogP contribution in [0.5, 0.6) is 0 Å². The van der Waals surface area contributed by atoms with Gasteiger partial charge >= 0.3 is 0 Å². The van der Waals surface area contributed by atoms with E-state index in [1.54, 1.807) is 18.2 Å². The molecule has 1 rings (SSSR count). The van der Waals surface area contributed by atoms with Crippen LogP contribution in [0.1, 0.15) is 19.0 Å². The molecule has 6 heteroatoms. The highest BCUT2D eigenvalue weighted by Crippen LogP contribution is 2.04. The van der Waals surface area contributed by atoms with Crippen molar-refractivity contribution in [2.24, 2.45) is 5.73 Å². The van der Waals surface area contributed by atoms with Crippen LogP contribution >= 0.6 is 12.2 Å². The molecule has 5 nitrogen and oxygen atoms in total. The molecule has 0 bridgehead atoms. The molecule has 0 aliphatic rings. The van der Waals surface area contributed by atoms with Gasteiger partial charge in [0.1, 0.15) is 10.8 Å². The summed E-state index contributed by atoms with van der Waals surface area (Å²) < 4.78 is 0. The fraction of sp³-hybridized carbons (Fsp3) is 0.364. The van der Waals surface area contributed by atoms with Crippen molar-refractivity contribution in [3.8, 4) is 0 Å². The van der Waals surface area contributed by atoms with E-state index < -0.39 is 0 Å². The van der Waals surface area contributed by atoms with Gasteiger partial charge in [0.05, 0.1) is 12.2 Å². The molecular weight excluding hydrogens is 236 g/mol. The zero-order chi connectivity index (χ0) is 12.7. The maximum Gasteiger partial charge on any atom is 0.239 e. The Balaban J connectivity index is 2.49. The van der Waals surface area contributed by atoms with Gasteiger partial charge in [0.15, 0.2) is 0 Å².